The fourth-order valence-electron chi connectivity index (χ4n) is 2.64. The average Bonchev–Trinajstić information content (AvgIpc) is 3.05. The second kappa shape index (κ2) is 9.68. The Kier molecular flexibility index (Phi) is 6.78. The topological polar surface area (TPSA) is 123 Å². The van der Waals surface area contributed by atoms with Gasteiger partial charge >= 0.3 is 0 Å². The third kappa shape index (κ3) is 5.14. The first-order valence-corrected chi connectivity index (χ1v) is 10.0. The first-order valence-electron chi connectivity index (χ1n) is 9.21. The number of hydrogen-bond acceptors (Lipinski definition) is 7. The summed E-state index contributed by atoms with van der Waals surface area (Å²) in [4.78, 5) is 25.7. The van der Waals surface area contributed by atoms with Gasteiger partial charge in [0.05, 0.1) is 22.2 Å². The minimum atomic E-state index is -0.464. The predicted octanol–water partition coefficient (Wildman–Crippen LogP) is 3.30. The van der Waals surface area contributed by atoms with Crippen LogP contribution in [0.15, 0.2) is 58.7 Å². The number of aromatic hydroxyl groups is 2. The first kappa shape index (κ1) is 21.7. The molecule has 0 bridgehead atoms. The normalized spacial score (nSPS) is 11.2. The number of carbonyl (C=O) groups is 2. The van der Waals surface area contributed by atoms with Crippen molar-refractivity contribution >= 4 is 35.6 Å². The van der Waals surface area contributed by atoms with Gasteiger partial charge in [0, 0.05) is 11.1 Å². The summed E-state index contributed by atoms with van der Waals surface area (Å²) in [5.74, 6) is -0.831. The molecular formula is C22H20N4O4S. The fraction of sp³-hybridized carbons (Fsp3) is 0.0909. The number of hydrogen-bond donors (Lipinski definition) is 4. The van der Waals surface area contributed by atoms with E-state index in [0.29, 0.717) is 32.0 Å². The molecule has 0 saturated heterocycles. The van der Waals surface area contributed by atoms with E-state index in [1.165, 1.54) is 24.6 Å². The zero-order chi connectivity index (χ0) is 22.4. The molecular weight excluding hydrogens is 416 g/mol. The van der Waals surface area contributed by atoms with Gasteiger partial charge in [0.15, 0.2) is 0 Å². The van der Waals surface area contributed by atoms with Gasteiger partial charge in [-0.25, -0.2) is 10.9 Å². The molecule has 0 aliphatic rings. The van der Waals surface area contributed by atoms with Crippen molar-refractivity contribution in [1.82, 2.24) is 10.9 Å². The number of thiophene rings is 1. The highest BCUT2D eigenvalue weighted by Crippen LogP contribution is 2.27. The maximum Gasteiger partial charge on any atom is 0.281 e. The third-order valence-corrected chi connectivity index (χ3v) is 5.86. The summed E-state index contributed by atoms with van der Waals surface area (Å²) in [6, 6.07) is 13.2. The molecule has 31 heavy (non-hydrogen) atoms. The van der Waals surface area contributed by atoms with Gasteiger partial charge in [-0.15, -0.1) is 11.3 Å². The molecule has 8 nitrogen and oxygen atoms in total. The number of phenols is 2. The Labute approximate surface area is 182 Å². The number of rotatable bonds is 6. The Balaban J connectivity index is 1.69. The Hall–Kier alpha value is -3.98. The predicted molar refractivity (Wildman–Crippen MR) is 120 cm³/mol. The lowest BCUT2D eigenvalue weighted by Crippen LogP contribution is -2.17. The van der Waals surface area contributed by atoms with Gasteiger partial charge < -0.3 is 10.2 Å². The lowest BCUT2D eigenvalue weighted by atomic mass is 10.1. The number of nitrogens with zero attached hydrogens (tertiary/aromatic N) is 2. The van der Waals surface area contributed by atoms with Crippen LogP contribution in [0.4, 0.5) is 0 Å². The van der Waals surface area contributed by atoms with Gasteiger partial charge in [-0.3, -0.25) is 9.59 Å². The summed E-state index contributed by atoms with van der Waals surface area (Å²) in [5.41, 5.74) is 7.06. The minimum absolute atomic E-state index is 0.0481. The zero-order valence-corrected chi connectivity index (χ0v) is 17.6. The van der Waals surface area contributed by atoms with Gasteiger partial charge in [-0.2, -0.15) is 10.2 Å². The Morgan fingerprint density at radius 3 is 1.55 bits per heavy atom. The SMILES string of the molecule is Cc1c(C(=O)N/N=C/c2ccccc2O)sc(C(=O)N/N=C/c2ccccc2O)c1C. The first-order chi connectivity index (χ1) is 14.9. The molecule has 0 spiro atoms. The molecule has 2 aromatic carbocycles. The summed E-state index contributed by atoms with van der Waals surface area (Å²) in [6.07, 6.45) is 2.68. The van der Waals surface area contributed by atoms with E-state index in [0.717, 1.165) is 11.3 Å². The largest absolute Gasteiger partial charge is 0.507 e. The molecule has 0 atom stereocenters. The summed E-state index contributed by atoms with van der Waals surface area (Å²) >= 11 is 1.03. The number of nitrogens with one attached hydrogen (secondary N) is 2. The highest BCUT2D eigenvalue weighted by atomic mass is 32.1. The van der Waals surface area contributed by atoms with Crippen molar-refractivity contribution in [2.24, 2.45) is 10.2 Å². The van der Waals surface area contributed by atoms with Crippen molar-refractivity contribution in [2.75, 3.05) is 0 Å². The quantitative estimate of drug-likeness (QED) is 0.350. The molecule has 9 heteroatoms. The number of para-hydroxylation sites is 2. The Morgan fingerprint density at radius 2 is 1.16 bits per heavy atom. The van der Waals surface area contributed by atoms with Crippen LogP contribution in [-0.2, 0) is 0 Å². The number of benzene rings is 2. The third-order valence-electron chi connectivity index (χ3n) is 4.47. The lowest BCUT2D eigenvalue weighted by Gasteiger charge is -2.00. The fourth-order valence-corrected chi connectivity index (χ4v) is 3.74. The standard InChI is InChI=1S/C22H20N4O4S/c1-13-14(2)20(22(30)26-24-12-16-8-4-6-10-18(16)28)31-19(13)21(29)25-23-11-15-7-3-5-9-17(15)27/h3-12,27-28H,1-2H3,(H,25,29)(H,26,30)/b23-11+,24-12+. The molecule has 0 radical (unpaired) electrons. The van der Waals surface area contributed by atoms with Crippen LogP contribution in [0.3, 0.4) is 0 Å². The molecule has 3 rings (SSSR count). The zero-order valence-electron chi connectivity index (χ0n) is 16.8. The molecule has 2 amide bonds. The van der Waals surface area contributed by atoms with Crippen LogP contribution >= 0.6 is 11.3 Å². The minimum Gasteiger partial charge on any atom is -0.507 e. The molecule has 4 N–H and O–H groups in total. The van der Waals surface area contributed by atoms with Crippen LogP contribution in [0, 0.1) is 13.8 Å². The van der Waals surface area contributed by atoms with Gasteiger partial charge in [0.25, 0.3) is 11.8 Å². The maximum absolute atomic E-state index is 12.5. The van der Waals surface area contributed by atoms with Crippen molar-refractivity contribution in [3.05, 3.63) is 80.5 Å². The smallest absolute Gasteiger partial charge is 0.281 e. The maximum atomic E-state index is 12.5. The monoisotopic (exact) mass is 436 g/mol. The van der Waals surface area contributed by atoms with Gasteiger partial charge in [-0.05, 0) is 49.2 Å². The Bertz CT molecular complexity index is 1090. The van der Waals surface area contributed by atoms with Crippen LogP contribution in [0.2, 0.25) is 0 Å². The summed E-state index contributed by atoms with van der Waals surface area (Å²) in [6.45, 7) is 3.49. The van der Waals surface area contributed by atoms with Gasteiger partial charge in [0.2, 0.25) is 0 Å². The number of phenolic OH excluding ortho intramolecular Hbond substituents is 2. The van der Waals surface area contributed by atoms with E-state index >= 15 is 0 Å². The van der Waals surface area contributed by atoms with Gasteiger partial charge in [-0.1, -0.05) is 24.3 Å². The molecule has 0 aliphatic heterocycles. The molecule has 0 unspecified atom stereocenters. The van der Waals surface area contributed by atoms with E-state index in [4.69, 9.17) is 0 Å². The number of carbonyl (C=O) groups excluding carboxylic acids is 2. The van der Waals surface area contributed by atoms with Crippen molar-refractivity contribution in [3.8, 4) is 11.5 Å². The van der Waals surface area contributed by atoms with E-state index in [-0.39, 0.29) is 11.5 Å². The molecule has 158 valence electrons. The average molecular weight is 436 g/mol. The molecule has 0 aliphatic carbocycles. The van der Waals surface area contributed by atoms with Crippen LogP contribution in [0.5, 0.6) is 11.5 Å². The summed E-state index contributed by atoms with van der Waals surface area (Å²) in [7, 11) is 0. The van der Waals surface area contributed by atoms with Crippen molar-refractivity contribution in [2.45, 2.75) is 13.8 Å². The molecule has 0 fully saturated rings. The van der Waals surface area contributed by atoms with Crippen LogP contribution < -0.4 is 10.9 Å². The molecule has 1 aromatic heterocycles. The highest BCUT2D eigenvalue weighted by Gasteiger charge is 2.21. The van der Waals surface area contributed by atoms with Crippen molar-refractivity contribution in [1.29, 1.82) is 0 Å². The highest BCUT2D eigenvalue weighted by molar-refractivity contribution is 7.16. The van der Waals surface area contributed by atoms with Gasteiger partial charge in [0.1, 0.15) is 11.5 Å². The second-order valence-electron chi connectivity index (χ2n) is 6.53. The molecule has 0 saturated carbocycles. The van der Waals surface area contributed by atoms with E-state index in [2.05, 4.69) is 21.1 Å². The van der Waals surface area contributed by atoms with Crippen LogP contribution in [0.1, 0.15) is 41.6 Å². The number of amides is 2. The van der Waals surface area contributed by atoms with E-state index in [1.54, 1.807) is 50.2 Å². The van der Waals surface area contributed by atoms with E-state index in [1.807, 2.05) is 0 Å². The van der Waals surface area contributed by atoms with E-state index in [9.17, 15) is 19.8 Å². The van der Waals surface area contributed by atoms with E-state index < -0.39 is 11.8 Å². The summed E-state index contributed by atoms with van der Waals surface area (Å²) < 4.78 is 0. The summed E-state index contributed by atoms with van der Waals surface area (Å²) in [5, 5.41) is 27.2. The Morgan fingerprint density at radius 1 is 0.774 bits per heavy atom. The second-order valence-corrected chi connectivity index (χ2v) is 7.55. The number of hydrazone groups is 2. The van der Waals surface area contributed by atoms with Crippen molar-refractivity contribution < 1.29 is 19.8 Å². The lowest BCUT2D eigenvalue weighted by molar-refractivity contribution is 0.0951. The molecule has 1 heterocycles. The van der Waals surface area contributed by atoms with Crippen LogP contribution in [0.25, 0.3) is 0 Å². The van der Waals surface area contributed by atoms with Crippen molar-refractivity contribution in [3.63, 3.8) is 0 Å². The molecule has 3 aromatic rings. The van der Waals surface area contributed by atoms with Crippen LogP contribution in [-0.4, -0.2) is 34.5 Å².